The zero-order valence-electron chi connectivity index (χ0n) is 13.3. The third-order valence-electron chi connectivity index (χ3n) is 3.85. The van der Waals surface area contributed by atoms with E-state index >= 15 is 0 Å². The molecule has 2 rings (SSSR count). The van der Waals surface area contributed by atoms with Crippen LogP contribution in [0, 0.1) is 0 Å². The molecule has 0 fully saturated rings. The molecule has 116 valence electrons. The van der Waals surface area contributed by atoms with Crippen LogP contribution in [-0.2, 0) is 17.6 Å². The highest BCUT2D eigenvalue weighted by atomic mass is 16.1. The van der Waals surface area contributed by atoms with Crippen LogP contribution in [0.15, 0.2) is 48.8 Å². The molecule has 3 heteroatoms. The number of rotatable bonds is 7. The molecule has 1 unspecified atom stereocenters. The van der Waals surface area contributed by atoms with E-state index in [4.69, 9.17) is 5.73 Å². The summed E-state index contributed by atoms with van der Waals surface area (Å²) in [6, 6.07) is 11.6. The number of hydrogen-bond acceptors (Lipinski definition) is 3. The van der Waals surface area contributed by atoms with Crippen LogP contribution in [-0.4, -0.2) is 16.8 Å². The minimum Gasteiger partial charge on any atom is -0.321 e. The van der Waals surface area contributed by atoms with Crippen LogP contribution < -0.4 is 5.73 Å². The zero-order valence-corrected chi connectivity index (χ0v) is 13.3. The first-order valence-corrected chi connectivity index (χ1v) is 7.82. The summed E-state index contributed by atoms with van der Waals surface area (Å²) in [4.78, 5) is 16.4. The van der Waals surface area contributed by atoms with E-state index in [0.717, 1.165) is 11.1 Å². The van der Waals surface area contributed by atoms with Gasteiger partial charge in [0.2, 0.25) is 0 Å². The standard InChI is InChI=1S/C19H24N2O/c1-14(2)17-10-16(12-21-13-17)8-9-19(22)18(20)11-15-6-4-3-5-7-15/h3-7,10,12-14,18H,8-9,11,20H2,1-2H3. The molecular weight excluding hydrogens is 272 g/mol. The Morgan fingerprint density at radius 1 is 1.14 bits per heavy atom. The summed E-state index contributed by atoms with van der Waals surface area (Å²) in [5, 5.41) is 0. The van der Waals surface area contributed by atoms with E-state index in [1.165, 1.54) is 5.56 Å². The van der Waals surface area contributed by atoms with Gasteiger partial charge >= 0.3 is 0 Å². The maximum absolute atomic E-state index is 12.2. The predicted octanol–water partition coefficient (Wildman–Crippen LogP) is 3.28. The Kier molecular flexibility index (Phi) is 5.84. The fourth-order valence-corrected chi connectivity index (χ4v) is 2.39. The molecule has 0 amide bonds. The Balaban J connectivity index is 1.88. The van der Waals surface area contributed by atoms with Crippen LogP contribution in [0.5, 0.6) is 0 Å². The lowest BCUT2D eigenvalue weighted by atomic mass is 9.97. The zero-order chi connectivity index (χ0) is 15.9. The normalized spacial score (nSPS) is 12.4. The van der Waals surface area contributed by atoms with Gasteiger partial charge in [-0.15, -0.1) is 0 Å². The van der Waals surface area contributed by atoms with Gasteiger partial charge in [0.15, 0.2) is 0 Å². The van der Waals surface area contributed by atoms with E-state index in [1.807, 2.05) is 42.7 Å². The van der Waals surface area contributed by atoms with Gasteiger partial charge in [-0.1, -0.05) is 50.2 Å². The summed E-state index contributed by atoms with van der Waals surface area (Å²) in [6.45, 7) is 4.28. The van der Waals surface area contributed by atoms with Crippen LogP contribution in [0.4, 0.5) is 0 Å². The van der Waals surface area contributed by atoms with Crippen LogP contribution in [0.2, 0.25) is 0 Å². The Bertz CT molecular complexity index is 608. The lowest BCUT2D eigenvalue weighted by Gasteiger charge is -2.11. The molecule has 1 atom stereocenters. The van der Waals surface area contributed by atoms with E-state index < -0.39 is 6.04 Å². The van der Waals surface area contributed by atoms with Gasteiger partial charge in [-0.3, -0.25) is 9.78 Å². The van der Waals surface area contributed by atoms with E-state index in [9.17, 15) is 4.79 Å². The summed E-state index contributed by atoms with van der Waals surface area (Å²) in [5.74, 6) is 0.558. The Morgan fingerprint density at radius 2 is 1.86 bits per heavy atom. The van der Waals surface area contributed by atoms with Crippen molar-refractivity contribution in [2.24, 2.45) is 5.73 Å². The number of nitrogens with zero attached hydrogens (tertiary/aromatic N) is 1. The smallest absolute Gasteiger partial charge is 0.150 e. The van der Waals surface area contributed by atoms with Crippen molar-refractivity contribution in [2.45, 2.75) is 45.1 Å². The Hall–Kier alpha value is -2.00. The predicted molar refractivity (Wildman–Crippen MR) is 89.8 cm³/mol. The number of carbonyl (C=O) groups excluding carboxylic acids is 1. The molecule has 3 nitrogen and oxygen atoms in total. The SMILES string of the molecule is CC(C)c1cncc(CCC(=O)C(N)Cc2ccccc2)c1. The number of pyridine rings is 1. The largest absolute Gasteiger partial charge is 0.321 e. The number of ketones is 1. The molecule has 0 aliphatic rings. The van der Waals surface area contributed by atoms with Crippen molar-refractivity contribution in [2.75, 3.05) is 0 Å². The van der Waals surface area contributed by atoms with Crippen molar-refractivity contribution in [3.05, 3.63) is 65.5 Å². The summed E-state index contributed by atoms with van der Waals surface area (Å²) in [5.41, 5.74) is 9.44. The number of hydrogen-bond donors (Lipinski definition) is 1. The highest BCUT2D eigenvalue weighted by Gasteiger charge is 2.14. The quantitative estimate of drug-likeness (QED) is 0.853. The fraction of sp³-hybridized carbons (Fsp3) is 0.368. The van der Waals surface area contributed by atoms with Gasteiger partial charge in [-0.05, 0) is 35.4 Å². The van der Waals surface area contributed by atoms with E-state index in [2.05, 4.69) is 24.9 Å². The third kappa shape index (κ3) is 4.78. The van der Waals surface area contributed by atoms with Gasteiger partial charge in [0.25, 0.3) is 0 Å². The molecule has 22 heavy (non-hydrogen) atoms. The number of carbonyl (C=O) groups is 1. The van der Waals surface area contributed by atoms with E-state index in [0.29, 0.717) is 25.2 Å². The van der Waals surface area contributed by atoms with Crippen LogP contribution in [0.1, 0.15) is 42.9 Å². The third-order valence-corrected chi connectivity index (χ3v) is 3.85. The molecule has 0 saturated carbocycles. The van der Waals surface area contributed by atoms with Crippen molar-refractivity contribution < 1.29 is 4.79 Å². The first-order valence-electron chi connectivity index (χ1n) is 7.82. The van der Waals surface area contributed by atoms with Crippen LogP contribution in [0.3, 0.4) is 0 Å². The molecule has 0 aliphatic carbocycles. The average molecular weight is 296 g/mol. The number of aryl methyl sites for hydroxylation is 1. The van der Waals surface area contributed by atoms with Crippen molar-refractivity contribution in [1.29, 1.82) is 0 Å². The van der Waals surface area contributed by atoms with Gasteiger partial charge in [0.1, 0.15) is 5.78 Å². The molecule has 0 radical (unpaired) electrons. The number of Topliss-reactive ketones (excluding diaryl/α,β-unsaturated/α-hetero) is 1. The summed E-state index contributed by atoms with van der Waals surface area (Å²) >= 11 is 0. The van der Waals surface area contributed by atoms with Crippen molar-refractivity contribution in [3.8, 4) is 0 Å². The minimum absolute atomic E-state index is 0.110. The molecule has 2 aromatic rings. The number of benzene rings is 1. The van der Waals surface area contributed by atoms with Crippen molar-refractivity contribution >= 4 is 5.78 Å². The van der Waals surface area contributed by atoms with Crippen molar-refractivity contribution in [1.82, 2.24) is 4.98 Å². The molecule has 0 aliphatic heterocycles. The minimum atomic E-state index is -0.427. The molecule has 1 heterocycles. The lowest BCUT2D eigenvalue weighted by Crippen LogP contribution is -2.32. The number of nitrogens with two attached hydrogens (primary N) is 1. The second-order valence-electron chi connectivity index (χ2n) is 6.04. The van der Waals surface area contributed by atoms with E-state index in [1.54, 1.807) is 0 Å². The second-order valence-corrected chi connectivity index (χ2v) is 6.04. The molecular formula is C19H24N2O. The molecule has 0 bridgehead atoms. The highest BCUT2D eigenvalue weighted by molar-refractivity contribution is 5.84. The lowest BCUT2D eigenvalue weighted by molar-refractivity contribution is -0.120. The van der Waals surface area contributed by atoms with Crippen molar-refractivity contribution in [3.63, 3.8) is 0 Å². The summed E-state index contributed by atoms with van der Waals surface area (Å²) in [7, 11) is 0. The fourth-order valence-electron chi connectivity index (χ4n) is 2.39. The van der Waals surface area contributed by atoms with Gasteiger partial charge < -0.3 is 5.73 Å². The molecule has 1 aromatic heterocycles. The Labute approximate surface area is 132 Å². The molecule has 0 spiro atoms. The van der Waals surface area contributed by atoms with Gasteiger partial charge in [0.05, 0.1) is 6.04 Å². The highest BCUT2D eigenvalue weighted by Crippen LogP contribution is 2.15. The average Bonchev–Trinajstić information content (AvgIpc) is 2.53. The van der Waals surface area contributed by atoms with Crippen LogP contribution >= 0.6 is 0 Å². The molecule has 1 aromatic carbocycles. The first-order chi connectivity index (χ1) is 10.6. The van der Waals surface area contributed by atoms with Gasteiger partial charge in [-0.25, -0.2) is 0 Å². The topological polar surface area (TPSA) is 56.0 Å². The maximum atomic E-state index is 12.2. The number of aromatic nitrogens is 1. The maximum Gasteiger partial charge on any atom is 0.150 e. The molecule has 2 N–H and O–H groups in total. The monoisotopic (exact) mass is 296 g/mol. The van der Waals surface area contributed by atoms with Crippen LogP contribution in [0.25, 0.3) is 0 Å². The first kappa shape index (κ1) is 16.4. The second kappa shape index (κ2) is 7.85. The molecule has 0 saturated heterocycles. The van der Waals surface area contributed by atoms with Gasteiger partial charge in [-0.2, -0.15) is 0 Å². The Morgan fingerprint density at radius 3 is 2.55 bits per heavy atom. The van der Waals surface area contributed by atoms with E-state index in [-0.39, 0.29) is 5.78 Å². The summed E-state index contributed by atoms with van der Waals surface area (Å²) < 4.78 is 0. The summed E-state index contributed by atoms with van der Waals surface area (Å²) in [6.07, 6.45) is 5.50. The van der Waals surface area contributed by atoms with Gasteiger partial charge in [0, 0.05) is 18.8 Å².